The number of ether oxygens (including phenoxy) is 2. The predicted octanol–water partition coefficient (Wildman–Crippen LogP) is 15.0. The quantitative estimate of drug-likeness (QED) is 0.164. The van der Waals surface area contributed by atoms with Crippen molar-refractivity contribution in [1.29, 1.82) is 0 Å². The van der Waals surface area contributed by atoms with Gasteiger partial charge in [0.25, 0.3) is 13.4 Å². The van der Waals surface area contributed by atoms with Crippen LogP contribution in [0.1, 0.15) is 105 Å². The third-order valence-corrected chi connectivity index (χ3v) is 16.6. The summed E-state index contributed by atoms with van der Waals surface area (Å²) in [7, 11) is 0. The zero-order valence-electron chi connectivity index (χ0n) is 46.2. The van der Waals surface area contributed by atoms with Crippen molar-refractivity contribution in [2.75, 3.05) is 9.80 Å². The zero-order chi connectivity index (χ0) is 52.8. The van der Waals surface area contributed by atoms with Crippen LogP contribution in [0, 0.1) is 0 Å². The van der Waals surface area contributed by atoms with E-state index in [1.807, 2.05) is 0 Å². The van der Waals surface area contributed by atoms with Gasteiger partial charge in [-0.1, -0.05) is 198 Å². The van der Waals surface area contributed by atoms with E-state index < -0.39 is 0 Å². The molecule has 9 aromatic rings. The molecule has 9 aromatic carbocycles. The number of rotatable bonds is 4. The molecule has 0 aromatic heterocycles. The maximum Gasteiger partial charge on any atom is 0.256 e. The Labute approximate surface area is 451 Å². The van der Waals surface area contributed by atoms with E-state index in [2.05, 4.69) is 275 Å². The SMILES string of the molecule is CC(C)(C)c1ccc(N2c3ccc(C(C)(C)C)cc3B3c4cc5c(cc4Oc4cc(-c6ccccc6)cc2c43)Oc2cc(-c3ccccc3)cc3c2B5c2cc(C(C)(C)C)ccc2N3c2ccc(C(C)(C)C)cc2)cc1. The largest absolute Gasteiger partial charge is 0.458 e. The van der Waals surface area contributed by atoms with E-state index in [0.29, 0.717) is 0 Å². The number of hydrogen-bond acceptors (Lipinski definition) is 4. The summed E-state index contributed by atoms with van der Waals surface area (Å²) >= 11 is 0. The van der Waals surface area contributed by atoms with Gasteiger partial charge in [-0.25, -0.2) is 0 Å². The maximum atomic E-state index is 7.43. The minimum Gasteiger partial charge on any atom is -0.458 e. The molecule has 4 heterocycles. The second kappa shape index (κ2) is 16.9. The fraction of sp³-hybridized carbons (Fsp3) is 0.229. The molecule has 0 amide bonds. The molecule has 374 valence electrons. The molecule has 4 aliphatic heterocycles. The average molecular weight is 989 g/mol. The van der Waals surface area contributed by atoms with Crippen molar-refractivity contribution >= 4 is 80.3 Å². The molecule has 0 fully saturated rings. The molecule has 0 N–H and O–H groups in total. The van der Waals surface area contributed by atoms with Gasteiger partial charge in [0.05, 0.1) is 0 Å². The Hall–Kier alpha value is -7.69. The van der Waals surface area contributed by atoms with Crippen LogP contribution in [0.15, 0.2) is 182 Å². The van der Waals surface area contributed by atoms with Crippen LogP contribution in [0.25, 0.3) is 22.3 Å². The molecule has 76 heavy (non-hydrogen) atoms. The van der Waals surface area contributed by atoms with E-state index in [0.717, 1.165) is 78.9 Å². The van der Waals surface area contributed by atoms with Crippen molar-refractivity contribution in [3.05, 3.63) is 204 Å². The Bertz CT molecular complexity index is 3550. The van der Waals surface area contributed by atoms with E-state index in [1.165, 1.54) is 55.5 Å². The number of benzene rings is 9. The van der Waals surface area contributed by atoms with Crippen LogP contribution >= 0.6 is 0 Å². The molecular formula is C70H66B2N2O2. The molecular weight excluding hydrogens is 922 g/mol. The number of nitrogens with zero attached hydrogens (tertiary/aromatic N) is 2. The molecule has 0 aliphatic carbocycles. The van der Waals surface area contributed by atoms with Crippen LogP contribution < -0.4 is 52.1 Å². The lowest BCUT2D eigenvalue weighted by atomic mass is 9.31. The molecule has 0 atom stereocenters. The molecule has 0 spiro atoms. The minimum atomic E-state index is -0.130. The van der Waals surface area contributed by atoms with Gasteiger partial charge in [0.15, 0.2) is 0 Å². The average Bonchev–Trinajstić information content (AvgIpc) is 3.47. The Morgan fingerprint density at radius 3 is 1.00 bits per heavy atom. The van der Waals surface area contributed by atoms with Gasteiger partial charge in [-0.15, -0.1) is 0 Å². The van der Waals surface area contributed by atoms with Crippen molar-refractivity contribution < 1.29 is 9.47 Å². The van der Waals surface area contributed by atoms with E-state index in [4.69, 9.17) is 9.47 Å². The summed E-state index contributed by atoms with van der Waals surface area (Å²) < 4.78 is 14.9. The van der Waals surface area contributed by atoms with Gasteiger partial charge < -0.3 is 19.3 Å². The second-order valence-corrected chi connectivity index (χ2v) is 25.9. The van der Waals surface area contributed by atoms with E-state index in [9.17, 15) is 0 Å². The number of hydrogen-bond donors (Lipinski definition) is 0. The normalized spacial score (nSPS) is 14.2. The summed E-state index contributed by atoms with van der Waals surface area (Å²) in [6.45, 7) is 27.4. The third-order valence-electron chi connectivity index (χ3n) is 16.6. The predicted molar refractivity (Wildman–Crippen MR) is 324 cm³/mol. The molecule has 4 aliphatic rings. The highest BCUT2D eigenvalue weighted by atomic mass is 16.5. The van der Waals surface area contributed by atoms with Crippen molar-refractivity contribution in [1.82, 2.24) is 0 Å². The highest BCUT2D eigenvalue weighted by molar-refractivity contribution is 7.02. The molecule has 4 nitrogen and oxygen atoms in total. The summed E-state index contributed by atoms with van der Waals surface area (Å²) in [4.78, 5) is 4.99. The molecule has 0 saturated carbocycles. The number of anilines is 6. The molecule has 0 bridgehead atoms. The molecule has 6 heteroatoms. The van der Waals surface area contributed by atoms with E-state index in [-0.39, 0.29) is 35.1 Å². The van der Waals surface area contributed by atoms with Crippen LogP contribution in [-0.4, -0.2) is 13.4 Å². The van der Waals surface area contributed by atoms with Gasteiger partial charge >= 0.3 is 0 Å². The lowest BCUT2D eigenvalue weighted by molar-refractivity contribution is 0.466. The van der Waals surface area contributed by atoms with Crippen molar-refractivity contribution in [3.63, 3.8) is 0 Å². The topological polar surface area (TPSA) is 24.9 Å². The lowest BCUT2D eigenvalue weighted by Crippen LogP contribution is -2.63. The van der Waals surface area contributed by atoms with E-state index >= 15 is 0 Å². The molecule has 13 rings (SSSR count). The fourth-order valence-electron chi connectivity index (χ4n) is 12.3. The van der Waals surface area contributed by atoms with E-state index in [1.54, 1.807) is 0 Å². The number of fused-ring (bicyclic) bond motifs is 8. The molecule has 0 unspecified atom stereocenters. The van der Waals surface area contributed by atoms with Gasteiger partial charge in [0.2, 0.25) is 0 Å². The Kier molecular flexibility index (Phi) is 10.7. The Morgan fingerprint density at radius 2 is 0.645 bits per heavy atom. The Balaban J connectivity index is 1.07. The lowest BCUT2D eigenvalue weighted by Gasteiger charge is -2.43. The highest BCUT2D eigenvalue weighted by Crippen LogP contribution is 2.48. The standard InChI is InChI=1S/C70H66B2N2O2/c1-67(2,3)47-23-29-51(30-24-47)73-57-33-27-49(69(7,8)9)39-53(57)71-55-41-56-62(42-61(55)75-63-37-45(35-59(73)65(63)71)43-19-15-13-16-20-43)76-64-38-46(44-21-17-14-18-22-44)36-60-66(64)72(56)54-40-50(70(10,11)12)28-34-58(54)74(60)52-31-25-48(26-32-52)68(4,5)6/h13-42H,1-12H3. The van der Waals surface area contributed by atoms with Gasteiger partial charge in [-0.2, -0.15) is 0 Å². The first-order valence-corrected chi connectivity index (χ1v) is 27.3. The van der Waals surface area contributed by atoms with Gasteiger partial charge in [-0.05, 0) is 160 Å². The summed E-state index contributed by atoms with van der Waals surface area (Å²) in [5, 5.41) is 0. The summed E-state index contributed by atoms with van der Waals surface area (Å²) in [5.41, 5.74) is 23.7. The zero-order valence-corrected chi connectivity index (χ0v) is 46.2. The van der Waals surface area contributed by atoms with Gasteiger partial charge in [-0.3, -0.25) is 0 Å². The monoisotopic (exact) mass is 989 g/mol. The van der Waals surface area contributed by atoms with Crippen LogP contribution in [0.3, 0.4) is 0 Å². The van der Waals surface area contributed by atoms with Crippen LogP contribution in [0.4, 0.5) is 34.1 Å². The highest BCUT2D eigenvalue weighted by Gasteiger charge is 2.47. The summed E-state index contributed by atoms with van der Waals surface area (Å²) in [6, 6.07) is 68.4. The smallest absolute Gasteiger partial charge is 0.256 e. The first kappa shape index (κ1) is 48.0. The molecule has 0 saturated heterocycles. The van der Waals surface area contributed by atoms with Crippen LogP contribution in [-0.2, 0) is 21.7 Å². The fourth-order valence-corrected chi connectivity index (χ4v) is 12.3. The van der Waals surface area contributed by atoms with Crippen molar-refractivity contribution in [3.8, 4) is 45.3 Å². The van der Waals surface area contributed by atoms with Gasteiger partial charge in [0.1, 0.15) is 23.0 Å². The second-order valence-electron chi connectivity index (χ2n) is 25.9. The third kappa shape index (κ3) is 7.81. The van der Waals surface area contributed by atoms with Crippen LogP contribution in [0.5, 0.6) is 23.0 Å². The van der Waals surface area contributed by atoms with Gasteiger partial charge in [0, 0.05) is 40.2 Å². The minimum absolute atomic E-state index is 0.0203. The molecule has 0 radical (unpaired) electrons. The van der Waals surface area contributed by atoms with Crippen LogP contribution in [0.2, 0.25) is 0 Å². The first-order chi connectivity index (χ1) is 36.2. The summed E-state index contributed by atoms with van der Waals surface area (Å²) in [5.74, 6) is 3.39. The summed E-state index contributed by atoms with van der Waals surface area (Å²) in [6.07, 6.45) is 0. The first-order valence-electron chi connectivity index (χ1n) is 27.3. The maximum absolute atomic E-state index is 7.43. The van der Waals surface area contributed by atoms with Crippen molar-refractivity contribution in [2.24, 2.45) is 0 Å². The van der Waals surface area contributed by atoms with Crippen molar-refractivity contribution in [2.45, 2.75) is 105 Å². The Morgan fingerprint density at radius 1 is 0.289 bits per heavy atom.